The van der Waals surface area contributed by atoms with Gasteiger partial charge < -0.3 is 18.4 Å². The third-order valence-electron chi connectivity index (χ3n) is 4.77. The van der Waals surface area contributed by atoms with E-state index in [1.807, 2.05) is 30.3 Å². The molecule has 0 saturated carbocycles. The lowest BCUT2D eigenvalue weighted by Crippen LogP contribution is -1.86. The summed E-state index contributed by atoms with van der Waals surface area (Å²) in [6.07, 6.45) is 4.54. The summed E-state index contributed by atoms with van der Waals surface area (Å²) in [5, 5.41) is 22.0. The summed E-state index contributed by atoms with van der Waals surface area (Å²) in [5.41, 5.74) is 1.21. The van der Waals surface area contributed by atoms with Crippen LogP contribution in [0.5, 0.6) is 5.75 Å². The molecule has 0 saturated heterocycles. The standard InChI is InChI=1S/C24H14N2O4/c25-13-17-22(20-7-3-11-28-20)23(21-8-4-12-29-21)30-24(17)26-14-18-16-6-2-1-5-15(16)9-10-19(18)27/h1-12,14,27H. The maximum absolute atomic E-state index is 10.4. The summed E-state index contributed by atoms with van der Waals surface area (Å²) in [6, 6.07) is 20.2. The van der Waals surface area contributed by atoms with Crippen molar-refractivity contribution < 1.29 is 18.4 Å². The molecule has 1 N–H and O–H groups in total. The SMILES string of the molecule is N#Cc1c(N=Cc2c(O)ccc3ccccc23)oc(-c2ccco2)c1-c1ccco1. The van der Waals surface area contributed by atoms with E-state index in [4.69, 9.17) is 13.3 Å². The molecular formula is C24H14N2O4. The summed E-state index contributed by atoms with van der Waals surface area (Å²) in [6.45, 7) is 0. The smallest absolute Gasteiger partial charge is 0.238 e. The lowest BCUT2D eigenvalue weighted by molar-refractivity contribution is 0.475. The minimum absolute atomic E-state index is 0.0834. The Morgan fingerprint density at radius 2 is 1.67 bits per heavy atom. The van der Waals surface area contributed by atoms with Crippen molar-refractivity contribution >= 4 is 22.9 Å². The van der Waals surface area contributed by atoms with Gasteiger partial charge in [0, 0.05) is 11.8 Å². The Labute approximate surface area is 170 Å². The van der Waals surface area contributed by atoms with Gasteiger partial charge in [-0.15, -0.1) is 0 Å². The number of nitrogens with zero attached hydrogens (tertiary/aromatic N) is 2. The molecule has 2 aromatic carbocycles. The van der Waals surface area contributed by atoms with Gasteiger partial charge in [-0.3, -0.25) is 0 Å². The van der Waals surface area contributed by atoms with E-state index in [2.05, 4.69) is 11.1 Å². The largest absolute Gasteiger partial charge is 0.507 e. The lowest BCUT2D eigenvalue weighted by Gasteiger charge is -2.04. The Morgan fingerprint density at radius 3 is 2.40 bits per heavy atom. The number of nitriles is 1. The van der Waals surface area contributed by atoms with Gasteiger partial charge in [0.05, 0.1) is 18.1 Å². The molecule has 0 fully saturated rings. The first-order valence-corrected chi connectivity index (χ1v) is 9.15. The Balaban J connectivity index is 1.69. The second-order valence-electron chi connectivity index (χ2n) is 6.53. The molecule has 0 bridgehead atoms. The van der Waals surface area contributed by atoms with Crippen LogP contribution in [0.1, 0.15) is 11.1 Å². The average Bonchev–Trinajstić information content (AvgIpc) is 3.53. The number of phenolic OH excluding ortho intramolecular Hbond substituents is 1. The van der Waals surface area contributed by atoms with Gasteiger partial charge >= 0.3 is 0 Å². The summed E-state index contributed by atoms with van der Waals surface area (Å²) in [4.78, 5) is 4.40. The maximum atomic E-state index is 10.4. The fourth-order valence-corrected chi connectivity index (χ4v) is 3.39. The van der Waals surface area contributed by atoms with Crippen molar-refractivity contribution in [1.82, 2.24) is 0 Å². The zero-order chi connectivity index (χ0) is 20.5. The molecule has 3 aromatic heterocycles. The van der Waals surface area contributed by atoms with Gasteiger partial charge in [0.25, 0.3) is 0 Å². The molecule has 0 unspecified atom stereocenters. The van der Waals surface area contributed by atoms with Gasteiger partial charge in [-0.1, -0.05) is 30.3 Å². The Morgan fingerprint density at radius 1 is 0.900 bits per heavy atom. The number of fused-ring (bicyclic) bond motifs is 1. The van der Waals surface area contributed by atoms with Gasteiger partial charge in [0.15, 0.2) is 11.5 Å². The zero-order valence-corrected chi connectivity index (χ0v) is 15.6. The second kappa shape index (κ2) is 7.15. The molecule has 5 aromatic rings. The van der Waals surface area contributed by atoms with Crippen LogP contribution in [-0.2, 0) is 0 Å². The van der Waals surface area contributed by atoms with Crippen LogP contribution in [0.2, 0.25) is 0 Å². The molecule has 6 nitrogen and oxygen atoms in total. The van der Waals surface area contributed by atoms with Crippen LogP contribution in [0.15, 0.2) is 91.4 Å². The van der Waals surface area contributed by atoms with E-state index in [0.717, 1.165) is 10.8 Å². The molecule has 0 aliphatic carbocycles. The first-order chi connectivity index (χ1) is 14.8. The summed E-state index contributed by atoms with van der Waals surface area (Å²) < 4.78 is 16.9. The van der Waals surface area contributed by atoms with Gasteiger partial charge in [-0.2, -0.15) is 5.26 Å². The first-order valence-electron chi connectivity index (χ1n) is 9.15. The first kappa shape index (κ1) is 17.6. The number of aromatic hydroxyl groups is 1. The molecule has 0 atom stereocenters. The third kappa shape index (κ3) is 2.86. The number of rotatable bonds is 4. The van der Waals surface area contributed by atoms with Crippen LogP contribution in [0.4, 0.5) is 5.88 Å². The molecule has 3 heterocycles. The minimum Gasteiger partial charge on any atom is -0.507 e. The molecule has 144 valence electrons. The minimum atomic E-state index is 0.0834. The maximum Gasteiger partial charge on any atom is 0.238 e. The molecule has 6 heteroatoms. The predicted molar refractivity (Wildman–Crippen MR) is 112 cm³/mol. The highest BCUT2D eigenvalue weighted by atomic mass is 16.4. The fraction of sp³-hybridized carbons (Fsp3) is 0. The van der Waals surface area contributed by atoms with Crippen molar-refractivity contribution in [2.75, 3.05) is 0 Å². The average molecular weight is 394 g/mol. The number of furan rings is 3. The molecule has 5 rings (SSSR count). The summed E-state index contributed by atoms with van der Waals surface area (Å²) in [7, 11) is 0. The summed E-state index contributed by atoms with van der Waals surface area (Å²) >= 11 is 0. The monoisotopic (exact) mass is 394 g/mol. The van der Waals surface area contributed by atoms with E-state index in [9.17, 15) is 10.4 Å². The highest BCUT2D eigenvalue weighted by Crippen LogP contribution is 2.43. The molecule has 0 radical (unpaired) electrons. The Kier molecular flexibility index (Phi) is 4.19. The van der Waals surface area contributed by atoms with Crippen LogP contribution >= 0.6 is 0 Å². The molecule has 0 aliphatic heterocycles. The van der Waals surface area contributed by atoms with Crippen LogP contribution < -0.4 is 0 Å². The van der Waals surface area contributed by atoms with Crippen LogP contribution in [-0.4, -0.2) is 11.3 Å². The van der Waals surface area contributed by atoms with E-state index in [0.29, 0.717) is 28.4 Å². The normalized spacial score (nSPS) is 11.3. The van der Waals surface area contributed by atoms with E-state index in [-0.39, 0.29) is 17.2 Å². The number of hydrogen-bond acceptors (Lipinski definition) is 6. The molecule has 0 amide bonds. The van der Waals surface area contributed by atoms with Crippen LogP contribution in [0.25, 0.3) is 33.6 Å². The number of aliphatic imine (C=N–C) groups is 1. The fourth-order valence-electron chi connectivity index (χ4n) is 3.39. The van der Waals surface area contributed by atoms with Crippen molar-refractivity contribution in [2.45, 2.75) is 0 Å². The van der Waals surface area contributed by atoms with E-state index < -0.39 is 0 Å². The highest BCUT2D eigenvalue weighted by Gasteiger charge is 2.26. The molecule has 0 spiro atoms. The zero-order valence-electron chi connectivity index (χ0n) is 15.6. The third-order valence-corrected chi connectivity index (χ3v) is 4.77. The Bertz CT molecular complexity index is 1400. The number of phenols is 1. The van der Waals surface area contributed by atoms with E-state index in [1.165, 1.54) is 18.7 Å². The Hall–Kier alpha value is -4.50. The highest BCUT2D eigenvalue weighted by molar-refractivity contribution is 6.03. The van der Waals surface area contributed by atoms with E-state index >= 15 is 0 Å². The van der Waals surface area contributed by atoms with Crippen molar-refractivity contribution in [2.24, 2.45) is 4.99 Å². The molecule has 0 aliphatic rings. The van der Waals surface area contributed by atoms with Crippen LogP contribution in [0.3, 0.4) is 0 Å². The van der Waals surface area contributed by atoms with Crippen LogP contribution in [0, 0.1) is 11.3 Å². The van der Waals surface area contributed by atoms with Crippen molar-refractivity contribution in [3.05, 3.63) is 84.3 Å². The predicted octanol–water partition coefficient (Wildman–Crippen LogP) is 6.28. The molecule has 30 heavy (non-hydrogen) atoms. The van der Waals surface area contributed by atoms with Gasteiger partial charge in [0.2, 0.25) is 5.88 Å². The number of benzene rings is 2. The van der Waals surface area contributed by atoms with E-state index in [1.54, 1.807) is 30.3 Å². The van der Waals surface area contributed by atoms with Gasteiger partial charge in [0.1, 0.15) is 23.1 Å². The lowest BCUT2D eigenvalue weighted by atomic mass is 10.0. The quantitative estimate of drug-likeness (QED) is 0.362. The number of hydrogen-bond donors (Lipinski definition) is 1. The molecular weight excluding hydrogens is 380 g/mol. The van der Waals surface area contributed by atoms with Crippen molar-refractivity contribution in [3.63, 3.8) is 0 Å². The van der Waals surface area contributed by atoms with Gasteiger partial charge in [-0.25, -0.2) is 4.99 Å². The topological polar surface area (TPSA) is 95.8 Å². The van der Waals surface area contributed by atoms with Crippen molar-refractivity contribution in [3.8, 4) is 34.7 Å². The van der Waals surface area contributed by atoms with Gasteiger partial charge in [-0.05, 0) is 41.1 Å². The summed E-state index contributed by atoms with van der Waals surface area (Å²) in [5.74, 6) is 1.45. The second-order valence-corrected chi connectivity index (χ2v) is 6.53. The van der Waals surface area contributed by atoms with Crippen molar-refractivity contribution in [1.29, 1.82) is 5.26 Å².